The molecule has 5 nitrogen and oxygen atoms in total. The van der Waals surface area contributed by atoms with Crippen LogP contribution in [0.1, 0.15) is 86.0 Å². The molecule has 3 heterocycles. The molecule has 0 unspecified atom stereocenters. The monoisotopic (exact) mass is 1180 g/mol. The van der Waals surface area contributed by atoms with Gasteiger partial charge in [-0.25, -0.2) is 19.9 Å². The van der Waals surface area contributed by atoms with Crippen LogP contribution in [-0.4, -0.2) is 24.5 Å². The Hall–Kier alpha value is -10.6. The first-order chi connectivity index (χ1) is 51.0. The predicted octanol–water partition coefficient (Wildman–Crippen LogP) is 21.5. The molecule has 3 aliphatic rings. The number of benzene rings is 12. The van der Waals surface area contributed by atoms with E-state index >= 15 is 0 Å². The number of para-hydroxylation sites is 1. The molecule has 0 saturated heterocycles. The second-order valence-electron chi connectivity index (χ2n) is 23.3. The van der Waals surface area contributed by atoms with E-state index in [1.165, 1.54) is 33.0 Å². The van der Waals surface area contributed by atoms with Crippen LogP contribution >= 0.6 is 11.6 Å². The largest absolute Gasteiger partial charge is 0.293 e. The highest BCUT2D eigenvalue weighted by Gasteiger charge is 2.41. The zero-order valence-corrected chi connectivity index (χ0v) is 49.2. The summed E-state index contributed by atoms with van der Waals surface area (Å²) >= 11 is 6.61. The van der Waals surface area contributed by atoms with E-state index in [0.29, 0.717) is 22.8 Å². The summed E-state index contributed by atoms with van der Waals surface area (Å²) in [6.45, 7) is 8.07. The number of aromatic nitrogens is 5. The Kier molecular flexibility index (Phi) is 9.09. The maximum Gasteiger partial charge on any atom is 0.161 e. The van der Waals surface area contributed by atoms with Gasteiger partial charge in [0.05, 0.1) is 47.1 Å². The van der Waals surface area contributed by atoms with Crippen LogP contribution in [0.5, 0.6) is 0 Å². The Labute approximate surface area is 548 Å². The second-order valence-corrected chi connectivity index (χ2v) is 23.6. The highest BCUT2D eigenvalue weighted by molar-refractivity contribution is 6.32. The van der Waals surface area contributed by atoms with Crippen molar-refractivity contribution in [3.8, 4) is 84.2 Å². The minimum Gasteiger partial charge on any atom is -0.293 e. The van der Waals surface area contributed by atoms with Crippen LogP contribution in [0.15, 0.2) is 279 Å². The zero-order chi connectivity index (χ0) is 75.6. The van der Waals surface area contributed by atoms with Crippen molar-refractivity contribution in [2.24, 2.45) is 0 Å². The summed E-state index contributed by atoms with van der Waals surface area (Å²) in [6, 6.07) is 47.8. The maximum absolute atomic E-state index is 9.24. The summed E-state index contributed by atoms with van der Waals surface area (Å²) in [6.07, 6.45) is 1.08. The third kappa shape index (κ3) is 9.14. The fourth-order valence-electron chi connectivity index (χ4n) is 13.0. The summed E-state index contributed by atoms with van der Waals surface area (Å²) in [5, 5.41) is 6.96. The highest BCUT2D eigenvalue weighted by Crippen LogP contribution is 2.53. The molecule has 0 radical (unpaired) electrons. The fraction of sp³-hybridized carbons (Fsp3) is 0.0843. The van der Waals surface area contributed by atoms with Gasteiger partial charge >= 0.3 is 0 Å². The molecule has 0 saturated carbocycles. The van der Waals surface area contributed by atoms with E-state index in [9.17, 15) is 2.74 Å². The maximum atomic E-state index is 9.24. The molecule has 424 valence electrons. The Morgan fingerprint density at radius 1 is 0.371 bits per heavy atom. The third-order valence-corrected chi connectivity index (χ3v) is 17.6. The van der Waals surface area contributed by atoms with Crippen molar-refractivity contribution in [3.63, 3.8) is 0 Å². The summed E-state index contributed by atoms with van der Waals surface area (Å²) in [5.74, 6) is 0.418. The van der Waals surface area contributed by atoms with E-state index in [4.69, 9.17) is 43.5 Å². The van der Waals surface area contributed by atoms with E-state index in [1.807, 2.05) is 86.6 Å². The van der Waals surface area contributed by atoms with Gasteiger partial charge in [-0.2, -0.15) is 0 Å². The quantitative estimate of drug-likeness (QED) is 0.161. The average Bonchev–Trinajstić information content (AvgIpc) is 1.58. The molecule has 15 aromatic rings. The van der Waals surface area contributed by atoms with E-state index in [-0.39, 0.29) is 33.5 Å². The fourth-order valence-corrected chi connectivity index (χ4v) is 13.2. The van der Waals surface area contributed by atoms with Gasteiger partial charge in [0, 0.05) is 43.9 Å². The molecule has 6 heteroatoms. The summed E-state index contributed by atoms with van der Waals surface area (Å²) in [5.41, 5.74) is 11.0. The number of hydrogen-bond donors (Lipinski definition) is 0. The van der Waals surface area contributed by atoms with Crippen LogP contribution in [0.4, 0.5) is 0 Å². The van der Waals surface area contributed by atoms with Crippen LogP contribution in [-0.2, 0) is 17.3 Å². The lowest BCUT2D eigenvalue weighted by molar-refractivity contribution is 0.635. The molecule has 0 N–H and O–H groups in total. The number of rotatable bonds is 5. The molecule has 0 fully saturated rings. The minimum atomic E-state index is -0.632. The topological polar surface area (TPSA) is 56.5 Å². The number of fused-ring (bicyclic) bond motifs is 14. The lowest BCUT2D eigenvalue weighted by atomic mass is 9.85. The Balaban J connectivity index is 0.000000139. The van der Waals surface area contributed by atoms with Gasteiger partial charge in [-0.05, 0) is 119 Å². The highest BCUT2D eigenvalue weighted by atomic mass is 35.5. The number of nitrogens with zero attached hydrogens (tertiary/aromatic N) is 5. The second kappa shape index (κ2) is 21.4. The Morgan fingerprint density at radius 2 is 0.820 bits per heavy atom. The summed E-state index contributed by atoms with van der Waals surface area (Å²) in [4.78, 5) is 19.3. The van der Waals surface area contributed by atoms with E-state index in [1.54, 1.807) is 0 Å². The van der Waals surface area contributed by atoms with Gasteiger partial charge in [-0.1, -0.05) is 294 Å². The van der Waals surface area contributed by atoms with Crippen molar-refractivity contribution < 1.29 is 24.7 Å². The summed E-state index contributed by atoms with van der Waals surface area (Å²) in [7, 11) is 0. The molecule has 0 atom stereocenters. The molecule has 3 aliphatic carbocycles. The molecule has 0 spiro atoms. The van der Waals surface area contributed by atoms with Crippen molar-refractivity contribution in [3.05, 3.63) is 317 Å². The first kappa shape index (κ1) is 37.9. The van der Waals surface area contributed by atoms with Crippen molar-refractivity contribution >= 4 is 55.0 Å². The summed E-state index contributed by atoms with van der Waals surface area (Å²) < 4.78 is 155. The van der Waals surface area contributed by atoms with Crippen LogP contribution in [0.2, 0.25) is 5.15 Å². The first-order valence-electron chi connectivity index (χ1n) is 38.1. The Morgan fingerprint density at radius 3 is 1.43 bits per heavy atom. The van der Waals surface area contributed by atoms with Crippen molar-refractivity contribution in [1.82, 2.24) is 24.5 Å². The first-order valence-corrected chi connectivity index (χ1v) is 29.5. The lowest BCUT2D eigenvalue weighted by Gasteiger charge is -2.21. The average molecular weight is 1180 g/mol. The molecule has 12 aromatic carbocycles. The standard InChI is InChI=1S/C41H29N3.C25H19ClN2.C17H12/c1-41(2)34-18-10-8-17-32(34)37-38(41)42-39(28-22-20-27(21-23-28)26-12-4-3-5-13-26)43-40(37)44-35-19-11-9-16-31(35)33-24-29-14-6-7-15-30(29)25-36(33)44;1-25(2)20-11-7-6-10-19(20)21-22(25)27-24(28-23(21)26)18-14-12-17(13-15-18)16-8-4-3-5-9-16;1-2-6-13-11-17-15(9-12(13)5-1)10-14-7-3-4-8-16(14)17/h3-25H,1-2H3;3-15H,1-2H3;1-9,11H,10H2/i3D,4D,5D,12D,13D,20D,21D,22D,23D;3D,4D,5D,8D,9D,12D,13D,14D,15D;. The van der Waals surface area contributed by atoms with Crippen LogP contribution in [0, 0.1) is 0 Å². The molecule has 0 amide bonds. The van der Waals surface area contributed by atoms with Crippen molar-refractivity contribution in [1.29, 1.82) is 0 Å². The molecular weight excluding hydrogens is 1100 g/mol. The molecular formula is C83H60ClN5. The van der Waals surface area contributed by atoms with E-state index in [2.05, 4.69) is 125 Å². The zero-order valence-electron chi connectivity index (χ0n) is 66.5. The number of halogens is 1. The smallest absolute Gasteiger partial charge is 0.161 e. The van der Waals surface area contributed by atoms with Crippen LogP contribution < -0.4 is 0 Å². The van der Waals surface area contributed by atoms with Crippen molar-refractivity contribution in [2.45, 2.75) is 44.9 Å². The molecule has 0 bridgehead atoms. The SMILES string of the molecule is [2H]c1c([2H])c([2H])c(-c2c([2H])c([2H])c(-c3nc(-n4c5ccccc5c5cc6ccccc6cc54)c4c(n3)C(C)(C)c3ccccc3-4)c([2H])c2[2H])c([2H])c1[2H].[2H]c1c([2H])c([2H])c(-c2c([2H])c([2H])c(-c3nc(Cl)c4c(n3)C(C)(C)c3ccccc3-4)c([2H])c2[2H])c([2H])c1[2H].c1ccc2c(c1)Cc1cc3ccccc3cc1-2. The van der Waals surface area contributed by atoms with Crippen LogP contribution in [0.25, 0.3) is 128 Å². The van der Waals surface area contributed by atoms with Gasteiger partial charge < -0.3 is 0 Å². The van der Waals surface area contributed by atoms with Gasteiger partial charge in [0.1, 0.15) is 11.0 Å². The van der Waals surface area contributed by atoms with Gasteiger partial charge in [-0.15, -0.1) is 0 Å². The van der Waals surface area contributed by atoms with Gasteiger partial charge in [0.25, 0.3) is 0 Å². The van der Waals surface area contributed by atoms with E-state index < -0.39 is 136 Å². The van der Waals surface area contributed by atoms with Crippen molar-refractivity contribution in [2.75, 3.05) is 0 Å². The van der Waals surface area contributed by atoms with Gasteiger partial charge in [0.15, 0.2) is 11.6 Å². The van der Waals surface area contributed by atoms with Gasteiger partial charge in [-0.3, -0.25) is 4.57 Å². The predicted molar refractivity (Wildman–Crippen MR) is 370 cm³/mol. The lowest BCUT2D eigenvalue weighted by Crippen LogP contribution is -2.18. The molecule has 18 rings (SSSR count). The Bertz CT molecular complexity index is 6330. The minimum absolute atomic E-state index is 0.0176. The van der Waals surface area contributed by atoms with Crippen LogP contribution in [0.3, 0.4) is 0 Å². The third-order valence-electron chi connectivity index (χ3n) is 17.3. The van der Waals surface area contributed by atoms with Gasteiger partial charge in [0.2, 0.25) is 0 Å². The van der Waals surface area contributed by atoms with E-state index in [0.717, 1.165) is 66.8 Å². The number of hydrogen-bond acceptors (Lipinski definition) is 4. The normalized spacial score (nSPS) is 16.2. The molecule has 3 aromatic heterocycles. The molecule has 89 heavy (non-hydrogen) atoms. The molecule has 0 aliphatic heterocycles.